The van der Waals surface area contributed by atoms with Gasteiger partial charge in [-0.2, -0.15) is 0 Å². The molecule has 1 nitrogen and oxygen atoms in total. The zero-order valence-electron chi connectivity index (χ0n) is 11.0. The maximum absolute atomic E-state index is 8.81. The van der Waals surface area contributed by atoms with Gasteiger partial charge in [0.15, 0.2) is 0 Å². The van der Waals surface area contributed by atoms with Crippen molar-refractivity contribution in [1.29, 1.82) is 0 Å². The van der Waals surface area contributed by atoms with E-state index < -0.39 is 0 Å². The smallest absolute Gasteiger partial charge is 0.116 e. The van der Waals surface area contributed by atoms with Crippen LogP contribution in [0.25, 0.3) is 6.08 Å². The first-order chi connectivity index (χ1) is 8.74. The van der Waals surface area contributed by atoms with Crippen molar-refractivity contribution in [2.24, 2.45) is 0 Å². The number of aryl methyl sites for hydroxylation is 1. The van der Waals surface area contributed by atoms with Crippen LogP contribution in [-0.2, 0) is 4.79 Å². The summed E-state index contributed by atoms with van der Waals surface area (Å²) >= 11 is 0. The number of carbonyl (C=O) groups is 1. The van der Waals surface area contributed by atoms with E-state index in [4.69, 9.17) is 4.79 Å². The van der Waals surface area contributed by atoms with Gasteiger partial charge in [-0.15, -0.1) is 0 Å². The van der Waals surface area contributed by atoms with Crippen molar-refractivity contribution in [1.82, 2.24) is 0 Å². The first-order valence-corrected chi connectivity index (χ1v) is 5.83. The molecular formula is C17H20O. The lowest BCUT2D eigenvalue weighted by Gasteiger charge is -1.85. The van der Waals surface area contributed by atoms with E-state index in [2.05, 4.69) is 25.6 Å². The maximum atomic E-state index is 8.81. The molecule has 0 saturated heterocycles. The van der Waals surface area contributed by atoms with Gasteiger partial charge < -0.3 is 4.79 Å². The van der Waals surface area contributed by atoms with Crippen molar-refractivity contribution < 1.29 is 4.79 Å². The van der Waals surface area contributed by atoms with Crippen LogP contribution in [-0.4, -0.2) is 6.29 Å². The Morgan fingerprint density at radius 3 is 1.50 bits per heavy atom. The minimum Gasteiger partial charge on any atom is -0.304 e. The second-order valence-electron chi connectivity index (χ2n) is 3.51. The molecule has 0 aliphatic carbocycles. The van der Waals surface area contributed by atoms with E-state index in [1.54, 1.807) is 0 Å². The number of aldehydes is 1. The van der Waals surface area contributed by atoms with E-state index in [0.29, 0.717) is 0 Å². The van der Waals surface area contributed by atoms with Gasteiger partial charge in [0.25, 0.3) is 0 Å². The fourth-order valence-corrected chi connectivity index (χ4v) is 1.12. The summed E-state index contributed by atoms with van der Waals surface area (Å²) in [5.74, 6) is 0. The molecule has 2 aromatic carbocycles. The topological polar surface area (TPSA) is 17.1 Å². The fourth-order valence-electron chi connectivity index (χ4n) is 1.12. The van der Waals surface area contributed by atoms with E-state index in [0.717, 1.165) is 6.29 Å². The molecule has 0 aromatic heterocycles. The number of hydrogen-bond acceptors (Lipinski definition) is 1. The van der Waals surface area contributed by atoms with Gasteiger partial charge in [-0.25, -0.2) is 0 Å². The van der Waals surface area contributed by atoms with Gasteiger partial charge in [-0.05, 0) is 19.4 Å². The molecule has 1 heteroatoms. The highest BCUT2D eigenvalue weighted by Gasteiger charge is 1.75. The summed E-state index contributed by atoms with van der Waals surface area (Å²) in [5.41, 5.74) is 2.50. The SMILES string of the molecule is C=Cc1ccccc1.CC=O.Cc1ccccc1. The minimum absolute atomic E-state index is 0.750. The van der Waals surface area contributed by atoms with E-state index in [9.17, 15) is 0 Å². The van der Waals surface area contributed by atoms with Gasteiger partial charge in [-0.1, -0.05) is 78.9 Å². The third-order valence-corrected chi connectivity index (χ3v) is 1.98. The van der Waals surface area contributed by atoms with Crippen LogP contribution in [0.1, 0.15) is 18.1 Å². The van der Waals surface area contributed by atoms with Crippen molar-refractivity contribution in [3.63, 3.8) is 0 Å². The Kier molecular flexibility index (Phi) is 9.98. The first kappa shape index (κ1) is 15.9. The molecule has 0 radical (unpaired) electrons. The molecule has 0 heterocycles. The van der Waals surface area contributed by atoms with Crippen LogP contribution in [0, 0.1) is 6.92 Å². The summed E-state index contributed by atoms with van der Waals surface area (Å²) in [7, 11) is 0. The average molecular weight is 240 g/mol. The monoisotopic (exact) mass is 240 g/mol. The Hall–Kier alpha value is -2.15. The summed E-state index contributed by atoms with van der Waals surface area (Å²) in [5, 5.41) is 0. The van der Waals surface area contributed by atoms with E-state index >= 15 is 0 Å². The highest BCUT2D eigenvalue weighted by atomic mass is 16.1. The van der Waals surface area contributed by atoms with Crippen molar-refractivity contribution in [2.45, 2.75) is 13.8 Å². The number of rotatable bonds is 1. The van der Waals surface area contributed by atoms with Crippen molar-refractivity contribution in [3.05, 3.63) is 78.4 Å². The van der Waals surface area contributed by atoms with Gasteiger partial charge in [-0.3, -0.25) is 0 Å². The predicted molar refractivity (Wildman–Crippen MR) is 79.5 cm³/mol. The van der Waals surface area contributed by atoms with Crippen LogP contribution >= 0.6 is 0 Å². The third kappa shape index (κ3) is 9.10. The Labute approximate surface area is 110 Å². The lowest BCUT2D eigenvalue weighted by molar-refractivity contribution is -0.106. The lowest BCUT2D eigenvalue weighted by Crippen LogP contribution is -1.63. The highest BCUT2D eigenvalue weighted by Crippen LogP contribution is 1.97. The Balaban J connectivity index is 0.000000267. The van der Waals surface area contributed by atoms with Crippen molar-refractivity contribution >= 4 is 12.4 Å². The molecule has 2 rings (SSSR count). The summed E-state index contributed by atoms with van der Waals surface area (Å²) < 4.78 is 0. The van der Waals surface area contributed by atoms with Crippen LogP contribution in [0.2, 0.25) is 0 Å². The van der Waals surface area contributed by atoms with E-state index in [1.807, 2.05) is 54.6 Å². The normalized spacial score (nSPS) is 7.89. The second-order valence-corrected chi connectivity index (χ2v) is 3.51. The molecule has 0 spiro atoms. The van der Waals surface area contributed by atoms with Crippen LogP contribution in [0.3, 0.4) is 0 Å². The standard InChI is InChI=1S/C8H8.C7H8.C2H4O/c1-2-8-6-4-3-5-7-8;1-7-5-3-2-4-6-7;1-2-3/h2-7H,1H2;2-6H,1H3;2H,1H3. The zero-order valence-corrected chi connectivity index (χ0v) is 11.0. The van der Waals surface area contributed by atoms with Gasteiger partial charge in [0.1, 0.15) is 6.29 Å². The molecule has 0 fully saturated rings. The molecule has 94 valence electrons. The summed E-state index contributed by atoms with van der Waals surface area (Å²) in [6, 6.07) is 20.3. The quantitative estimate of drug-likeness (QED) is 0.669. The molecule has 0 unspecified atom stereocenters. The molecule has 0 aliphatic rings. The molecule has 0 saturated carbocycles. The second kappa shape index (κ2) is 11.3. The molecule has 0 aliphatic heterocycles. The van der Waals surface area contributed by atoms with E-state index in [1.165, 1.54) is 18.1 Å². The van der Waals surface area contributed by atoms with Gasteiger partial charge in [0, 0.05) is 0 Å². The van der Waals surface area contributed by atoms with Crippen LogP contribution < -0.4 is 0 Å². The molecule has 0 atom stereocenters. The Morgan fingerprint density at radius 2 is 1.28 bits per heavy atom. The summed E-state index contributed by atoms with van der Waals surface area (Å²) in [6.45, 7) is 7.16. The van der Waals surface area contributed by atoms with Crippen LogP contribution in [0.4, 0.5) is 0 Å². The molecule has 0 N–H and O–H groups in total. The molecule has 2 aromatic rings. The minimum atomic E-state index is 0.750. The summed E-state index contributed by atoms with van der Waals surface area (Å²) in [6.07, 6.45) is 2.58. The number of benzene rings is 2. The van der Waals surface area contributed by atoms with Crippen LogP contribution in [0.5, 0.6) is 0 Å². The zero-order chi connectivity index (χ0) is 13.6. The van der Waals surface area contributed by atoms with E-state index in [-0.39, 0.29) is 0 Å². The number of carbonyl (C=O) groups excluding carboxylic acids is 1. The highest BCUT2D eigenvalue weighted by molar-refractivity contribution is 5.45. The molecule has 0 amide bonds. The molecule has 18 heavy (non-hydrogen) atoms. The van der Waals surface area contributed by atoms with Crippen LogP contribution in [0.15, 0.2) is 67.2 Å². The molecule has 0 bridgehead atoms. The lowest BCUT2D eigenvalue weighted by atomic mass is 10.2. The van der Waals surface area contributed by atoms with Crippen molar-refractivity contribution in [3.8, 4) is 0 Å². The van der Waals surface area contributed by atoms with Gasteiger partial charge in [0.05, 0.1) is 0 Å². The van der Waals surface area contributed by atoms with Gasteiger partial charge >= 0.3 is 0 Å². The number of hydrogen-bond donors (Lipinski definition) is 0. The first-order valence-electron chi connectivity index (χ1n) is 5.83. The fraction of sp³-hybridized carbons (Fsp3) is 0.118. The Bertz CT molecular complexity index is 418. The molecular weight excluding hydrogens is 220 g/mol. The largest absolute Gasteiger partial charge is 0.304 e. The average Bonchev–Trinajstić information content (AvgIpc) is 2.42. The maximum Gasteiger partial charge on any atom is 0.116 e. The van der Waals surface area contributed by atoms with Gasteiger partial charge in [0.2, 0.25) is 0 Å². The third-order valence-electron chi connectivity index (χ3n) is 1.98. The summed E-state index contributed by atoms with van der Waals surface area (Å²) in [4.78, 5) is 8.81. The van der Waals surface area contributed by atoms with Crippen molar-refractivity contribution in [2.75, 3.05) is 0 Å². The Morgan fingerprint density at radius 1 is 0.889 bits per heavy atom. The predicted octanol–water partition coefficient (Wildman–Crippen LogP) is 4.53.